The second-order valence-electron chi connectivity index (χ2n) is 7.76. The summed E-state index contributed by atoms with van der Waals surface area (Å²) in [6.07, 6.45) is 2.68. The molecule has 9 heteroatoms. The predicted molar refractivity (Wildman–Crippen MR) is 134 cm³/mol. The molecule has 0 bridgehead atoms. The highest BCUT2D eigenvalue weighted by Gasteiger charge is 2.13. The number of methoxy groups -OCH3 is 1. The van der Waals surface area contributed by atoms with E-state index in [1.165, 1.54) is 12.7 Å². The van der Waals surface area contributed by atoms with Gasteiger partial charge in [-0.15, -0.1) is 0 Å². The van der Waals surface area contributed by atoms with Gasteiger partial charge in [0, 0.05) is 31.1 Å². The van der Waals surface area contributed by atoms with Crippen LogP contribution in [-0.4, -0.2) is 55.1 Å². The number of nitrogens with two attached hydrogens (primary N) is 1. The zero-order valence-corrected chi connectivity index (χ0v) is 21.0. The molecule has 0 saturated heterocycles. The lowest BCUT2D eigenvalue weighted by molar-refractivity contribution is -0.140. The Hall–Kier alpha value is -1.99. The van der Waals surface area contributed by atoms with Crippen LogP contribution >= 0.6 is 34.8 Å². The molecule has 0 radical (unpaired) electrons. The van der Waals surface area contributed by atoms with Gasteiger partial charge in [-0.1, -0.05) is 53.0 Å². The van der Waals surface area contributed by atoms with Crippen LogP contribution < -0.4 is 5.73 Å². The first-order valence-electron chi connectivity index (χ1n) is 10.8. The first kappa shape index (κ1) is 27.3. The van der Waals surface area contributed by atoms with Crippen LogP contribution in [0.5, 0.6) is 0 Å². The van der Waals surface area contributed by atoms with Gasteiger partial charge in [-0.2, -0.15) is 0 Å². The topological polar surface area (TPSA) is 75.9 Å². The van der Waals surface area contributed by atoms with Crippen molar-refractivity contribution >= 4 is 46.8 Å². The number of esters is 1. The van der Waals surface area contributed by atoms with E-state index in [4.69, 9.17) is 45.3 Å². The zero-order valence-electron chi connectivity index (χ0n) is 18.7. The number of hydrogen-bond acceptors (Lipinski definition) is 4. The van der Waals surface area contributed by atoms with Gasteiger partial charge in [-0.3, -0.25) is 4.79 Å². The van der Waals surface area contributed by atoms with Crippen LogP contribution in [0.15, 0.2) is 42.5 Å². The van der Waals surface area contributed by atoms with E-state index < -0.39 is 6.03 Å². The lowest BCUT2D eigenvalue weighted by atomic mass is 10.1. The lowest BCUT2D eigenvalue weighted by Crippen LogP contribution is -2.38. The van der Waals surface area contributed by atoms with Gasteiger partial charge in [0.1, 0.15) is 0 Å². The molecule has 2 amide bonds. The molecule has 0 fully saturated rings. The van der Waals surface area contributed by atoms with E-state index in [9.17, 15) is 9.59 Å². The van der Waals surface area contributed by atoms with Crippen molar-refractivity contribution in [3.05, 3.63) is 68.7 Å². The first-order valence-corrected chi connectivity index (χ1v) is 11.9. The van der Waals surface area contributed by atoms with Crippen molar-refractivity contribution in [2.45, 2.75) is 32.2 Å². The van der Waals surface area contributed by atoms with E-state index in [1.54, 1.807) is 17.0 Å². The fraction of sp³-hybridized carbons (Fsp3) is 0.417. The summed E-state index contributed by atoms with van der Waals surface area (Å²) in [5, 5.41) is 1.62. The van der Waals surface area contributed by atoms with E-state index >= 15 is 0 Å². The number of hydrogen-bond donors (Lipinski definition) is 1. The zero-order chi connectivity index (χ0) is 24.2. The summed E-state index contributed by atoms with van der Waals surface area (Å²) >= 11 is 18.0. The summed E-state index contributed by atoms with van der Waals surface area (Å²) in [6.45, 7) is 3.21. The van der Waals surface area contributed by atoms with Crippen LogP contribution in [0, 0.1) is 0 Å². The second kappa shape index (κ2) is 14.3. The SMILES string of the molecule is COC(=O)CCCN(CCCN(Cc1ccc(Cl)c(Cl)c1)C(N)=O)CCc1ccc(Cl)cc1. The Labute approximate surface area is 210 Å². The Morgan fingerprint density at radius 2 is 1.55 bits per heavy atom. The molecule has 0 aliphatic carbocycles. The summed E-state index contributed by atoms with van der Waals surface area (Å²) in [7, 11) is 1.40. The van der Waals surface area contributed by atoms with Crippen LogP contribution in [0.3, 0.4) is 0 Å². The third kappa shape index (κ3) is 10.2. The molecule has 6 nitrogen and oxygen atoms in total. The normalized spacial score (nSPS) is 10.9. The van der Waals surface area contributed by atoms with Gasteiger partial charge >= 0.3 is 12.0 Å². The van der Waals surface area contributed by atoms with Crippen molar-refractivity contribution in [1.82, 2.24) is 9.80 Å². The largest absolute Gasteiger partial charge is 0.469 e. The third-order valence-corrected chi connectivity index (χ3v) is 6.28. The number of halogens is 3. The molecule has 2 aromatic rings. The maximum Gasteiger partial charge on any atom is 0.315 e. The molecule has 2 rings (SSSR count). The smallest absolute Gasteiger partial charge is 0.315 e. The number of carbonyl (C=O) groups excluding carboxylic acids is 2. The van der Waals surface area contributed by atoms with Crippen molar-refractivity contribution in [3.63, 3.8) is 0 Å². The molecule has 33 heavy (non-hydrogen) atoms. The molecule has 2 N–H and O–H groups in total. The summed E-state index contributed by atoms with van der Waals surface area (Å²) in [6, 6.07) is 12.6. The highest BCUT2D eigenvalue weighted by molar-refractivity contribution is 6.42. The van der Waals surface area contributed by atoms with Gasteiger partial charge in [-0.25, -0.2) is 4.79 Å². The van der Waals surface area contributed by atoms with E-state index in [0.717, 1.165) is 38.0 Å². The van der Waals surface area contributed by atoms with Crippen LogP contribution in [-0.2, 0) is 22.5 Å². The number of primary amides is 1. The average Bonchev–Trinajstić information content (AvgIpc) is 2.79. The molecule has 0 aliphatic heterocycles. The predicted octanol–water partition coefficient (Wildman–Crippen LogP) is 5.42. The standard InChI is InChI=1S/C24H30Cl3N3O3/c1-33-23(31)4-2-12-29(15-11-18-5-8-20(25)9-6-18)13-3-14-30(24(28)32)17-19-7-10-21(26)22(27)16-19/h5-10,16H,2-4,11-15,17H2,1H3,(H2,28,32). The Kier molecular flexibility index (Phi) is 11.8. The molecule has 0 unspecified atom stereocenters. The fourth-order valence-electron chi connectivity index (χ4n) is 3.43. The van der Waals surface area contributed by atoms with E-state index in [1.807, 2.05) is 30.3 Å². The maximum atomic E-state index is 12.0. The minimum Gasteiger partial charge on any atom is -0.469 e. The highest BCUT2D eigenvalue weighted by Crippen LogP contribution is 2.23. The van der Waals surface area contributed by atoms with E-state index in [0.29, 0.717) is 41.0 Å². The van der Waals surface area contributed by atoms with Gasteiger partial charge in [0.05, 0.1) is 17.2 Å². The van der Waals surface area contributed by atoms with E-state index in [2.05, 4.69) is 4.90 Å². The number of rotatable bonds is 13. The van der Waals surface area contributed by atoms with E-state index in [-0.39, 0.29) is 5.97 Å². The molecule has 0 heterocycles. The molecular formula is C24H30Cl3N3O3. The molecule has 2 aromatic carbocycles. The lowest BCUT2D eigenvalue weighted by Gasteiger charge is -2.25. The Bertz CT molecular complexity index is 910. The van der Waals surface area contributed by atoms with Gasteiger partial charge in [0.15, 0.2) is 0 Å². The molecule has 180 valence electrons. The molecule has 0 aliphatic rings. The van der Waals surface area contributed by atoms with Crippen molar-refractivity contribution in [1.29, 1.82) is 0 Å². The number of ether oxygens (including phenoxy) is 1. The van der Waals surface area contributed by atoms with Crippen molar-refractivity contribution < 1.29 is 14.3 Å². The van der Waals surface area contributed by atoms with Gasteiger partial charge < -0.3 is 20.3 Å². The van der Waals surface area contributed by atoms with Crippen molar-refractivity contribution in [2.24, 2.45) is 5.73 Å². The van der Waals surface area contributed by atoms with Crippen LogP contribution in [0.2, 0.25) is 15.1 Å². The molecular weight excluding hydrogens is 485 g/mol. The minimum atomic E-state index is -0.487. The number of carbonyl (C=O) groups is 2. The molecule has 0 aromatic heterocycles. The summed E-state index contributed by atoms with van der Waals surface area (Å²) in [5.41, 5.74) is 7.65. The maximum absolute atomic E-state index is 12.0. The number of nitrogens with zero attached hydrogens (tertiary/aromatic N) is 2. The Balaban J connectivity index is 1.91. The number of benzene rings is 2. The van der Waals surface area contributed by atoms with Gasteiger partial charge in [0.25, 0.3) is 0 Å². The monoisotopic (exact) mass is 513 g/mol. The minimum absolute atomic E-state index is 0.214. The summed E-state index contributed by atoms with van der Waals surface area (Å²) < 4.78 is 4.74. The highest BCUT2D eigenvalue weighted by atomic mass is 35.5. The third-order valence-electron chi connectivity index (χ3n) is 5.28. The van der Waals surface area contributed by atoms with Gasteiger partial charge in [-0.05, 0) is 67.7 Å². The molecule has 0 saturated carbocycles. The second-order valence-corrected chi connectivity index (χ2v) is 9.01. The van der Waals surface area contributed by atoms with Crippen LogP contribution in [0.4, 0.5) is 4.79 Å². The quantitative estimate of drug-likeness (QED) is 0.362. The molecule has 0 atom stereocenters. The first-order chi connectivity index (χ1) is 15.8. The number of amides is 2. The Morgan fingerprint density at radius 3 is 2.18 bits per heavy atom. The summed E-state index contributed by atoms with van der Waals surface area (Å²) in [4.78, 5) is 27.3. The van der Waals surface area contributed by atoms with Crippen molar-refractivity contribution in [3.8, 4) is 0 Å². The average molecular weight is 515 g/mol. The fourth-order valence-corrected chi connectivity index (χ4v) is 3.88. The molecule has 0 spiro atoms. The Morgan fingerprint density at radius 1 is 0.879 bits per heavy atom. The number of urea groups is 1. The van der Waals surface area contributed by atoms with Gasteiger partial charge in [0.2, 0.25) is 0 Å². The van der Waals surface area contributed by atoms with Crippen molar-refractivity contribution in [2.75, 3.05) is 33.3 Å². The van der Waals surface area contributed by atoms with Crippen LogP contribution in [0.25, 0.3) is 0 Å². The summed E-state index contributed by atoms with van der Waals surface area (Å²) in [5.74, 6) is -0.214. The van der Waals surface area contributed by atoms with Crippen LogP contribution in [0.1, 0.15) is 30.4 Å².